The van der Waals surface area contributed by atoms with Gasteiger partial charge in [-0.3, -0.25) is 9.36 Å². The van der Waals surface area contributed by atoms with Crippen LogP contribution in [0.15, 0.2) is 35.1 Å². The van der Waals surface area contributed by atoms with E-state index in [0.29, 0.717) is 17.6 Å². The number of alkyl halides is 1. The van der Waals surface area contributed by atoms with E-state index < -0.39 is 6.67 Å². The number of methoxy groups -OCH3 is 1. The van der Waals surface area contributed by atoms with E-state index in [4.69, 9.17) is 4.74 Å². The van der Waals surface area contributed by atoms with Gasteiger partial charge < -0.3 is 4.74 Å². The van der Waals surface area contributed by atoms with Crippen molar-refractivity contribution in [3.63, 3.8) is 0 Å². The van der Waals surface area contributed by atoms with Gasteiger partial charge in [0.1, 0.15) is 23.1 Å². The summed E-state index contributed by atoms with van der Waals surface area (Å²) in [5.74, 6) is 1.37. The number of aromatic nitrogens is 2. The molecule has 0 aliphatic carbocycles. The number of thiophene rings is 1. The Hall–Kier alpha value is -2.21. The van der Waals surface area contributed by atoms with Crippen molar-refractivity contribution in [2.24, 2.45) is 0 Å². The van der Waals surface area contributed by atoms with Crippen LogP contribution in [0.1, 0.15) is 23.2 Å². The predicted molar refractivity (Wildman–Crippen MR) is 95.0 cm³/mol. The van der Waals surface area contributed by atoms with E-state index in [9.17, 15) is 9.18 Å². The zero-order valence-electron chi connectivity index (χ0n) is 13.7. The van der Waals surface area contributed by atoms with E-state index in [1.54, 1.807) is 7.11 Å². The molecule has 0 aliphatic rings. The highest BCUT2D eigenvalue weighted by Gasteiger charge is 2.14. The standard InChI is InChI=1S/C18H19FN2O2S/c1-3-14-11-15-17(24-14)20-16(21(9-8-19)18(15)22)10-12-4-6-13(23-2)7-5-12/h4-7,11H,3,8-10H2,1-2H3. The van der Waals surface area contributed by atoms with Gasteiger partial charge in [-0.05, 0) is 30.2 Å². The highest BCUT2D eigenvalue weighted by molar-refractivity contribution is 7.18. The van der Waals surface area contributed by atoms with Crippen LogP contribution >= 0.6 is 11.3 Å². The Labute approximate surface area is 143 Å². The Balaban J connectivity index is 2.06. The quantitative estimate of drug-likeness (QED) is 0.685. The van der Waals surface area contributed by atoms with E-state index >= 15 is 0 Å². The third-order valence-corrected chi connectivity index (χ3v) is 5.13. The molecule has 0 N–H and O–H groups in total. The van der Waals surface area contributed by atoms with Gasteiger partial charge in [-0.15, -0.1) is 11.3 Å². The van der Waals surface area contributed by atoms with Crippen molar-refractivity contribution in [1.82, 2.24) is 9.55 Å². The third kappa shape index (κ3) is 3.19. The molecule has 0 bridgehead atoms. The molecule has 3 aromatic rings. The molecule has 0 fully saturated rings. The van der Waals surface area contributed by atoms with Crippen molar-refractivity contribution in [3.05, 3.63) is 57.0 Å². The van der Waals surface area contributed by atoms with Gasteiger partial charge in [-0.2, -0.15) is 0 Å². The second kappa shape index (κ2) is 7.13. The molecule has 0 spiro atoms. The normalized spacial score (nSPS) is 11.1. The number of fused-ring (bicyclic) bond motifs is 1. The van der Waals surface area contributed by atoms with Gasteiger partial charge in [0.25, 0.3) is 5.56 Å². The number of nitrogens with zero attached hydrogens (tertiary/aromatic N) is 2. The van der Waals surface area contributed by atoms with Gasteiger partial charge in [-0.25, -0.2) is 9.37 Å². The molecule has 0 saturated carbocycles. The highest BCUT2D eigenvalue weighted by Crippen LogP contribution is 2.23. The Kier molecular flexibility index (Phi) is 4.94. The van der Waals surface area contributed by atoms with Crippen LogP contribution in [0.5, 0.6) is 5.75 Å². The minimum atomic E-state index is -0.590. The fourth-order valence-electron chi connectivity index (χ4n) is 2.66. The van der Waals surface area contributed by atoms with Crippen molar-refractivity contribution in [2.45, 2.75) is 26.3 Å². The van der Waals surface area contributed by atoms with Crippen molar-refractivity contribution in [1.29, 1.82) is 0 Å². The molecular formula is C18H19FN2O2S. The van der Waals surface area contributed by atoms with Gasteiger partial charge in [0, 0.05) is 11.3 Å². The SMILES string of the molecule is CCc1cc2c(=O)n(CCF)c(Cc3ccc(OC)cc3)nc2s1. The summed E-state index contributed by atoms with van der Waals surface area (Å²) < 4.78 is 19.6. The van der Waals surface area contributed by atoms with Crippen molar-refractivity contribution < 1.29 is 9.13 Å². The highest BCUT2D eigenvalue weighted by atomic mass is 32.1. The lowest BCUT2D eigenvalue weighted by atomic mass is 10.1. The second-order valence-corrected chi connectivity index (χ2v) is 6.60. The molecule has 2 heterocycles. The average Bonchev–Trinajstić information content (AvgIpc) is 3.02. The van der Waals surface area contributed by atoms with E-state index in [1.807, 2.05) is 37.3 Å². The zero-order valence-corrected chi connectivity index (χ0v) is 14.5. The Morgan fingerprint density at radius 2 is 2.04 bits per heavy atom. The monoisotopic (exact) mass is 346 g/mol. The molecule has 0 atom stereocenters. The molecule has 0 aliphatic heterocycles. The maximum atomic E-state index is 12.9. The summed E-state index contributed by atoms with van der Waals surface area (Å²) in [5, 5.41) is 0.587. The number of aryl methyl sites for hydroxylation is 1. The molecule has 2 aromatic heterocycles. The predicted octanol–water partition coefficient (Wildman–Crippen LogP) is 3.59. The second-order valence-electron chi connectivity index (χ2n) is 5.48. The summed E-state index contributed by atoms with van der Waals surface area (Å²) in [5.41, 5.74) is 0.846. The smallest absolute Gasteiger partial charge is 0.262 e. The number of rotatable bonds is 6. The van der Waals surface area contributed by atoms with Crippen LogP contribution in [0.2, 0.25) is 0 Å². The fourth-order valence-corrected chi connectivity index (χ4v) is 3.63. The van der Waals surface area contributed by atoms with Crippen LogP contribution in [0, 0.1) is 0 Å². The molecule has 0 saturated heterocycles. The Morgan fingerprint density at radius 3 is 2.67 bits per heavy atom. The third-order valence-electron chi connectivity index (χ3n) is 3.96. The molecule has 3 rings (SSSR count). The summed E-state index contributed by atoms with van der Waals surface area (Å²) in [6.07, 6.45) is 1.34. The first kappa shape index (κ1) is 16.6. The molecule has 0 radical (unpaired) electrons. The lowest BCUT2D eigenvalue weighted by Gasteiger charge is -2.11. The van der Waals surface area contributed by atoms with Gasteiger partial charge in [0.2, 0.25) is 0 Å². The van der Waals surface area contributed by atoms with Crippen LogP contribution in [0.4, 0.5) is 4.39 Å². The molecule has 0 amide bonds. The average molecular weight is 346 g/mol. The largest absolute Gasteiger partial charge is 0.497 e. The number of ether oxygens (including phenoxy) is 1. The molecule has 24 heavy (non-hydrogen) atoms. The minimum Gasteiger partial charge on any atom is -0.497 e. The first-order valence-electron chi connectivity index (χ1n) is 7.87. The maximum Gasteiger partial charge on any atom is 0.262 e. The van der Waals surface area contributed by atoms with E-state index in [-0.39, 0.29) is 12.1 Å². The van der Waals surface area contributed by atoms with Gasteiger partial charge in [0.15, 0.2) is 0 Å². The van der Waals surface area contributed by atoms with E-state index in [2.05, 4.69) is 4.98 Å². The number of benzene rings is 1. The number of hydrogen-bond donors (Lipinski definition) is 0. The van der Waals surface area contributed by atoms with Gasteiger partial charge in [0.05, 0.1) is 19.0 Å². The van der Waals surface area contributed by atoms with E-state index in [0.717, 1.165) is 27.4 Å². The molecule has 6 heteroatoms. The lowest BCUT2D eigenvalue weighted by molar-refractivity contribution is 0.414. The first-order chi connectivity index (χ1) is 11.7. The maximum absolute atomic E-state index is 12.9. The Morgan fingerprint density at radius 1 is 1.29 bits per heavy atom. The Bertz CT molecular complexity index is 900. The fraction of sp³-hybridized carbons (Fsp3) is 0.333. The summed E-state index contributed by atoms with van der Waals surface area (Å²) >= 11 is 1.53. The lowest BCUT2D eigenvalue weighted by Crippen LogP contribution is -2.26. The number of hydrogen-bond acceptors (Lipinski definition) is 4. The summed E-state index contributed by atoms with van der Waals surface area (Å²) in [4.78, 5) is 19.2. The number of halogens is 1. The molecule has 126 valence electrons. The summed E-state index contributed by atoms with van der Waals surface area (Å²) in [6, 6.07) is 9.47. The topological polar surface area (TPSA) is 44.1 Å². The van der Waals surface area contributed by atoms with Gasteiger partial charge >= 0.3 is 0 Å². The summed E-state index contributed by atoms with van der Waals surface area (Å²) in [7, 11) is 1.62. The van der Waals surface area contributed by atoms with Crippen LogP contribution in [0.3, 0.4) is 0 Å². The zero-order chi connectivity index (χ0) is 17.1. The molecule has 1 aromatic carbocycles. The van der Waals surface area contributed by atoms with Crippen molar-refractivity contribution in [2.75, 3.05) is 13.8 Å². The molecular weight excluding hydrogens is 327 g/mol. The van der Waals surface area contributed by atoms with Crippen LogP contribution < -0.4 is 10.3 Å². The van der Waals surface area contributed by atoms with Crippen LogP contribution in [0.25, 0.3) is 10.2 Å². The van der Waals surface area contributed by atoms with Crippen LogP contribution in [-0.2, 0) is 19.4 Å². The minimum absolute atomic E-state index is 0.0323. The molecule has 4 nitrogen and oxygen atoms in total. The van der Waals surface area contributed by atoms with Gasteiger partial charge in [-0.1, -0.05) is 19.1 Å². The molecule has 0 unspecified atom stereocenters. The first-order valence-corrected chi connectivity index (χ1v) is 8.69. The van der Waals surface area contributed by atoms with Crippen molar-refractivity contribution in [3.8, 4) is 5.75 Å². The van der Waals surface area contributed by atoms with E-state index in [1.165, 1.54) is 15.9 Å². The van der Waals surface area contributed by atoms with Crippen molar-refractivity contribution >= 4 is 21.6 Å². The van der Waals surface area contributed by atoms with Crippen LogP contribution in [-0.4, -0.2) is 23.3 Å². The summed E-state index contributed by atoms with van der Waals surface area (Å²) in [6.45, 7) is 1.49.